The number of hydrogen-bond acceptors (Lipinski definition) is 6. The molecule has 0 aliphatic rings. The van der Waals surface area contributed by atoms with Crippen molar-refractivity contribution >= 4 is 23.7 Å². The number of hydrogen-bond donors (Lipinski definition) is 3. The van der Waals surface area contributed by atoms with Crippen molar-refractivity contribution in [1.29, 1.82) is 0 Å². The molecular formula is C16H13FN4O5. The summed E-state index contributed by atoms with van der Waals surface area (Å²) in [4.78, 5) is 33.4. The number of nitro groups is 1. The lowest BCUT2D eigenvalue weighted by atomic mass is 10.2. The number of rotatable bonds is 6. The van der Waals surface area contributed by atoms with Crippen LogP contribution in [0, 0.1) is 15.9 Å². The minimum Gasteiger partial charge on any atom is -0.507 e. The van der Waals surface area contributed by atoms with Gasteiger partial charge in [0, 0.05) is 23.3 Å². The highest BCUT2D eigenvalue weighted by Gasteiger charge is 2.10. The molecule has 0 aromatic heterocycles. The number of halogens is 1. The van der Waals surface area contributed by atoms with Gasteiger partial charge < -0.3 is 10.4 Å². The van der Waals surface area contributed by atoms with Gasteiger partial charge in [-0.1, -0.05) is 6.07 Å². The van der Waals surface area contributed by atoms with E-state index in [2.05, 4.69) is 15.8 Å². The van der Waals surface area contributed by atoms with Crippen molar-refractivity contribution in [3.05, 3.63) is 69.5 Å². The van der Waals surface area contributed by atoms with Crippen molar-refractivity contribution in [3.63, 3.8) is 0 Å². The summed E-state index contributed by atoms with van der Waals surface area (Å²) in [6, 6.07) is 8.28. The van der Waals surface area contributed by atoms with Crippen LogP contribution in [0.25, 0.3) is 0 Å². The maximum Gasteiger partial charge on any atom is 0.270 e. The molecule has 0 radical (unpaired) electrons. The predicted octanol–water partition coefficient (Wildman–Crippen LogP) is 1.32. The first-order chi connectivity index (χ1) is 12.4. The van der Waals surface area contributed by atoms with E-state index in [-0.39, 0.29) is 22.6 Å². The Bertz CT molecular complexity index is 885. The zero-order valence-electron chi connectivity index (χ0n) is 13.2. The molecule has 0 unspecified atom stereocenters. The highest BCUT2D eigenvalue weighted by molar-refractivity contribution is 5.96. The first kappa shape index (κ1) is 18.5. The second-order valence-electron chi connectivity index (χ2n) is 4.99. The van der Waals surface area contributed by atoms with E-state index in [9.17, 15) is 29.2 Å². The topological polar surface area (TPSA) is 134 Å². The Morgan fingerprint density at radius 1 is 1.27 bits per heavy atom. The van der Waals surface area contributed by atoms with Crippen LogP contribution in [0.5, 0.6) is 5.75 Å². The van der Waals surface area contributed by atoms with Crippen LogP contribution in [0.1, 0.15) is 15.9 Å². The average Bonchev–Trinajstić information content (AvgIpc) is 2.61. The van der Waals surface area contributed by atoms with Gasteiger partial charge in [-0.2, -0.15) is 5.10 Å². The molecule has 134 valence electrons. The summed E-state index contributed by atoms with van der Waals surface area (Å²) in [5.41, 5.74) is 1.92. The standard InChI is InChI=1S/C16H13FN4O5/c17-12-3-1-2-10(6-12)16(24)18-9-15(23)20-19-8-11-7-13(21(25)26)4-5-14(11)22/h1-8,22H,9H2,(H,18,24)(H,20,23)/b19-8+. The van der Waals surface area contributed by atoms with Crippen LogP contribution in [-0.4, -0.2) is 34.6 Å². The third-order valence-corrected chi connectivity index (χ3v) is 3.11. The zero-order chi connectivity index (χ0) is 19.1. The Labute approximate surface area is 146 Å². The Kier molecular flexibility index (Phi) is 5.93. The number of carbonyl (C=O) groups is 2. The molecule has 0 bridgehead atoms. The van der Waals surface area contributed by atoms with Crippen LogP contribution in [-0.2, 0) is 4.79 Å². The molecule has 9 nitrogen and oxygen atoms in total. The van der Waals surface area contributed by atoms with Crippen molar-refractivity contribution in [2.45, 2.75) is 0 Å². The number of aromatic hydroxyl groups is 1. The molecule has 10 heteroatoms. The van der Waals surface area contributed by atoms with Gasteiger partial charge in [0.25, 0.3) is 17.5 Å². The lowest BCUT2D eigenvalue weighted by molar-refractivity contribution is -0.384. The van der Waals surface area contributed by atoms with E-state index < -0.39 is 29.1 Å². The van der Waals surface area contributed by atoms with Crippen molar-refractivity contribution in [2.24, 2.45) is 5.10 Å². The largest absolute Gasteiger partial charge is 0.507 e. The number of non-ortho nitro benzene ring substituents is 1. The molecule has 0 aliphatic carbocycles. The number of nitro benzene ring substituents is 1. The maximum absolute atomic E-state index is 13.0. The monoisotopic (exact) mass is 360 g/mol. The Hall–Kier alpha value is -3.82. The first-order valence-corrected chi connectivity index (χ1v) is 7.20. The van der Waals surface area contributed by atoms with Crippen molar-refractivity contribution in [1.82, 2.24) is 10.7 Å². The fourth-order valence-electron chi connectivity index (χ4n) is 1.86. The maximum atomic E-state index is 13.0. The first-order valence-electron chi connectivity index (χ1n) is 7.20. The van der Waals surface area contributed by atoms with Crippen molar-refractivity contribution < 1.29 is 24.0 Å². The van der Waals surface area contributed by atoms with Gasteiger partial charge in [-0.25, -0.2) is 9.82 Å². The molecule has 2 aromatic rings. The van der Waals surface area contributed by atoms with Crippen LogP contribution < -0.4 is 10.7 Å². The summed E-state index contributed by atoms with van der Waals surface area (Å²) < 4.78 is 13.0. The average molecular weight is 360 g/mol. The summed E-state index contributed by atoms with van der Waals surface area (Å²) in [7, 11) is 0. The third kappa shape index (κ3) is 5.09. The lowest BCUT2D eigenvalue weighted by Crippen LogP contribution is -2.34. The SMILES string of the molecule is O=C(CNC(=O)c1cccc(F)c1)N/N=C/c1cc([N+](=O)[O-])ccc1O. The molecule has 0 heterocycles. The minimum absolute atomic E-state index is 0.0308. The van der Waals surface area contributed by atoms with E-state index in [1.54, 1.807) is 0 Å². The van der Waals surface area contributed by atoms with Gasteiger partial charge in [0.2, 0.25) is 0 Å². The molecule has 2 amide bonds. The normalized spacial score (nSPS) is 10.5. The van der Waals surface area contributed by atoms with Crippen LogP contribution in [0.2, 0.25) is 0 Å². The van der Waals surface area contributed by atoms with Gasteiger partial charge in [0.05, 0.1) is 17.7 Å². The number of hydrazone groups is 1. The van der Waals surface area contributed by atoms with Gasteiger partial charge in [-0.05, 0) is 24.3 Å². The number of amides is 2. The number of benzene rings is 2. The van der Waals surface area contributed by atoms with Gasteiger partial charge in [-0.3, -0.25) is 19.7 Å². The smallest absolute Gasteiger partial charge is 0.270 e. The lowest BCUT2D eigenvalue weighted by Gasteiger charge is -2.04. The molecule has 26 heavy (non-hydrogen) atoms. The second-order valence-corrected chi connectivity index (χ2v) is 4.99. The summed E-state index contributed by atoms with van der Waals surface area (Å²) >= 11 is 0. The number of nitrogens with one attached hydrogen (secondary N) is 2. The molecule has 0 saturated heterocycles. The third-order valence-electron chi connectivity index (χ3n) is 3.11. The Balaban J connectivity index is 1.89. The van der Waals surface area contributed by atoms with E-state index in [0.29, 0.717) is 0 Å². The highest BCUT2D eigenvalue weighted by Crippen LogP contribution is 2.21. The fourth-order valence-corrected chi connectivity index (χ4v) is 1.86. The highest BCUT2D eigenvalue weighted by atomic mass is 19.1. The zero-order valence-corrected chi connectivity index (χ0v) is 13.2. The molecule has 0 atom stereocenters. The number of phenols is 1. The Morgan fingerprint density at radius 3 is 2.73 bits per heavy atom. The molecule has 3 N–H and O–H groups in total. The van der Waals surface area contributed by atoms with Gasteiger partial charge in [0.15, 0.2) is 0 Å². The van der Waals surface area contributed by atoms with Crippen LogP contribution in [0.4, 0.5) is 10.1 Å². The van der Waals surface area contributed by atoms with Crippen LogP contribution in [0.15, 0.2) is 47.6 Å². The minimum atomic E-state index is -0.684. The molecule has 2 rings (SSSR count). The van der Waals surface area contributed by atoms with Crippen LogP contribution >= 0.6 is 0 Å². The van der Waals surface area contributed by atoms with E-state index >= 15 is 0 Å². The quantitative estimate of drug-likeness (QED) is 0.406. The van der Waals surface area contributed by atoms with Gasteiger partial charge >= 0.3 is 0 Å². The molecule has 0 spiro atoms. The molecule has 2 aromatic carbocycles. The number of carbonyl (C=O) groups excluding carboxylic acids is 2. The van der Waals surface area contributed by atoms with E-state index in [1.165, 1.54) is 18.2 Å². The van der Waals surface area contributed by atoms with Crippen molar-refractivity contribution in [3.8, 4) is 5.75 Å². The van der Waals surface area contributed by atoms with Gasteiger partial charge in [-0.15, -0.1) is 0 Å². The molecule has 0 saturated carbocycles. The second kappa shape index (κ2) is 8.33. The Morgan fingerprint density at radius 2 is 2.04 bits per heavy atom. The van der Waals surface area contributed by atoms with E-state index in [0.717, 1.165) is 30.5 Å². The van der Waals surface area contributed by atoms with Crippen molar-refractivity contribution in [2.75, 3.05) is 6.54 Å². The number of phenolic OH excluding ortho intramolecular Hbond substituents is 1. The predicted molar refractivity (Wildman–Crippen MR) is 89.2 cm³/mol. The molecular weight excluding hydrogens is 347 g/mol. The molecule has 0 fully saturated rings. The molecule has 0 aliphatic heterocycles. The van der Waals surface area contributed by atoms with E-state index in [4.69, 9.17) is 0 Å². The fraction of sp³-hybridized carbons (Fsp3) is 0.0625. The summed E-state index contributed by atoms with van der Waals surface area (Å²) in [5.74, 6) is -2.16. The van der Waals surface area contributed by atoms with Gasteiger partial charge in [0.1, 0.15) is 11.6 Å². The van der Waals surface area contributed by atoms with E-state index in [1.807, 2.05) is 0 Å². The number of nitrogens with zero attached hydrogens (tertiary/aromatic N) is 2. The van der Waals surface area contributed by atoms with Crippen LogP contribution in [0.3, 0.4) is 0 Å². The summed E-state index contributed by atoms with van der Waals surface area (Å²) in [6.07, 6.45) is 1.02. The summed E-state index contributed by atoms with van der Waals surface area (Å²) in [5, 5.41) is 26.1. The summed E-state index contributed by atoms with van der Waals surface area (Å²) in [6.45, 7) is -0.423.